The summed E-state index contributed by atoms with van der Waals surface area (Å²) in [5.74, 6) is 0. The van der Waals surface area contributed by atoms with E-state index < -0.39 is 0 Å². The molecule has 102 valence electrons. The van der Waals surface area contributed by atoms with E-state index in [4.69, 9.17) is 0 Å². The van der Waals surface area contributed by atoms with Crippen LogP contribution in [-0.4, -0.2) is 11.0 Å². The average Bonchev–Trinajstić information content (AvgIpc) is 2.87. The third kappa shape index (κ3) is 4.71. The van der Waals surface area contributed by atoms with E-state index in [1.165, 1.54) is 15.4 Å². The van der Waals surface area contributed by atoms with Gasteiger partial charge in [-0.25, -0.2) is 4.98 Å². The van der Waals surface area contributed by atoms with Crippen molar-refractivity contribution in [2.45, 2.75) is 39.3 Å². The topological polar surface area (TPSA) is 24.9 Å². The minimum absolute atomic E-state index is 0.466. The first-order chi connectivity index (χ1) is 9.17. The van der Waals surface area contributed by atoms with Crippen molar-refractivity contribution in [2.75, 3.05) is 0 Å². The van der Waals surface area contributed by atoms with Crippen molar-refractivity contribution in [3.8, 4) is 0 Å². The molecule has 0 aliphatic carbocycles. The van der Waals surface area contributed by atoms with E-state index in [9.17, 15) is 0 Å². The van der Waals surface area contributed by atoms with Crippen LogP contribution >= 0.6 is 27.3 Å². The average molecular weight is 339 g/mol. The Morgan fingerprint density at radius 3 is 2.68 bits per heavy atom. The summed E-state index contributed by atoms with van der Waals surface area (Å²) < 4.78 is 1.13. The summed E-state index contributed by atoms with van der Waals surface area (Å²) >= 11 is 5.26. The molecule has 1 aromatic carbocycles. The van der Waals surface area contributed by atoms with Gasteiger partial charge in [-0.1, -0.05) is 35.0 Å². The Morgan fingerprint density at radius 1 is 1.32 bits per heavy atom. The fraction of sp³-hybridized carbons (Fsp3) is 0.400. The Balaban J connectivity index is 1.81. The third-order valence-corrected chi connectivity index (χ3v) is 4.65. The van der Waals surface area contributed by atoms with Crippen molar-refractivity contribution in [1.29, 1.82) is 0 Å². The quantitative estimate of drug-likeness (QED) is 0.854. The first-order valence-electron chi connectivity index (χ1n) is 6.58. The zero-order valence-corrected chi connectivity index (χ0v) is 13.7. The zero-order valence-electron chi connectivity index (χ0n) is 11.3. The summed E-state index contributed by atoms with van der Waals surface area (Å²) in [5, 5.41) is 4.78. The van der Waals surface area contributed by atoms with Crippen molar-refractivity contribution in [3.63, 3.8) is 0 Å². The molecule has 0 saturated heterocycles. The Hall–Kier alpha value is -0.710. The summed E-state index contributed by atoms with van der Waals surface area (Å²) in [6.07, 6.45) is 4.06. The fourth-order valence-electron chi connectivity index (χ4n) is 1.91. The van der Waals surface area contributed by atoms with Gasteiger partial charge < -0.3 is 5.32 Å². The molecule has 1 N–H and O–H groups in total. The van der Waals surface area contributed by atoms with Crippen LogP contribution in [0.2, 0.25) is 0 Å². The number of nitrogens with zero attached hydrogens (tertiary/aromatic N) is 1. The van der Waals surface area contributed by atoms with Crippen LogP contribution in [0.15, 0.2) is 34.9 Å². The molecule has 0 fully saturated rings. The van der Waals surface area contributed by atoms with Gasteiger partial charge in [0, 0.05) is 28.1 Å². The minimum Gasteiger partial charge on any atom is -0.309 e. The number of rotatable bonds is 6. The van der Waals surface area contributed by atoms with Gasteiger partial charge in [0.05, 0.1) is 5.01 Å². The highest BCUT2D eigenvalue weighted by Gasteiger charge is 2.05. The second kappa shape index (κ2) is 7.17. The molecule has 0 radical (unpaired) electrons. The van der Waals surface area contributed by atoms with Gasteiger partial charge in [0.1, 0.15) is 0 Å². The molecule has 0 aliphatic heterocycles. The maximum Gasteiger partial charge on any atom is 0.0925 e. The first kappa shape index (κ1) is 14.7. The molecule has 0 aliphatic rings. The van der Waals surface area contributed by atoms with E-state index in [-0.39, 0.29) is 0 Å². The van der Waals surface area contributed by atoms with Crippen LogP contribution in [0.4, 0.5) is 0 Å². The highest BCUT2D eigenvalue weighted by molar-refractivity contribution is 9.10. The lowest BCUT2D eigenvalue weighted by Gasteiger charge is -2.13. The van der Waals surface area contributed by atoms with E-state index in [0.717, 1.165) is 23.9 Å². The van der Waals surface area contributed by atoms with E-state index in [1.54, 1.807) is 11.3 Å². The molecular formula is C15H19BrN2S. The molecule has 0 spiro atoms. The van der Waals surface area contributed by atoms with E-state index >= 15 is 0 Å². The molecule has 1 atom stereocenters. The Morgan fingerprint density at radius 2 is 2.05 bits per heavy atom. The van der Waals surface area contributed by atoms with Crippen molar-refractivity contribution in [3.05, 3.63) is 50.4 Å². The van der Waals surface area contributed by atoms with Crippen LogP contribution in [0.3, 0.4) is 0 Å². The van der Waals surface area contributed by atoms with Gasteiger partial charge in [-0.2, -0.15) is 0 Å². The van der Waals surface area contributed by atoms with Gasteiger partial charge in [-0.3, -0.25) is 0 Å². The normalized spacial score (nSPS) is 12.6. The van der Waals surface area contributed by atoms with Crippen LogP contribution < -0.4 is 5.32 Å². The van der Waals surface area contributed by atoms with Gasteiger partial charge in [0.15, 0.2) is 0 Å². The minimum atomic E-state index is 0.466. The first-order valence-corrected chi connectivity index (χ1v) is 8.19. The Labute approximate surface area is 127 Å². The molecule has 0 bridgehead atoms. The largest absolute Gasteiger partial charge is 0.309 e. The number of benzene rings is 1. The van der Waals surface area contributed by atoms with E-state index in [2.05, 4.69) is 64.3 Å². The van der Waals surface area contributed by atoms with Gasteiger partial charge in [-0.05, 0) is 37.5 Å². The molecule has 1 heterocycles. The number of aryl methyl sites for hydroxylation is 1. The number of nitrogens with one attached hydrogen (secondary N) is 1. The number of thiazole rings is 1. The van der Waals surface area contributed by atoms with Gasteiger partial charge >= 0.3 is 0 Å². The van der Waals surface area contributed by atoms with Crippen molar-refractivity contribution in [1.82, 2.24) is 10.3 Å². The molecule has 2 rings (SSSR count). The summed E-state index contributed by atoms with van der Waals surface area (Å²) in [5.41, 5.74) is 1.36. The number of hydrogen-bond acceptors (Lipinski definition) is 3. The van der Waals surface area contributed by atoms with Crippen LogP contribution in [0.5, 0.6) is 0 Å². The fourth-order valence-corrected chi connectivity index (χ4v) is 2.99. The highest BCUT2D eigenvalue weighted by Crippen LogP contribution is 2.14. The molecule has 0 saturated carbocycles. The van der Waals surface area contributed by atoms with Crippen molar-refractivity contribution < 1.29 is 0 Å². The van der Waals surface area contributed by atoms with Gasteiger partial charge in [0.25, 0.3) is 0 Å². The zero-order chi connectivity index (χ0) is 13.7. The van der Waals surface area contributed by atoms with Crippen molar-refractivity contribution in [2.24, 2.45) is 0 Å². The predicted octanol–water partition coefficient (Wildman–Crippen LogP) is 4.19. The lowest BCUT2D eigenvalue weighted by atomic mass is 10.1. The molecule has 0 amide bonds. The molecule has 1 aromatic heterocycles. The van der Waals surface area contributed by atoms with Gasteiger partial charge in [-0.15, -0.1) is 11.3 Å². The Kier molecular flexibility index (Phi) is 5.55. The second-order valence-corrected chi connectivity index (χ2v) is 6.80. The lowest BCUT2D eigenvalue weighted by molar-refractivity contribution is 0.548. The molecule has 2 nitrogen and oxygen atoms in total. The predicted molar refractivity (Wildman–Crippen MR) is 85.6 cm³/mol. The summed E-state index contributed by atoms with van der Waals surface area (Å²) in [4.78, 5) is 5.70. The van der Waals surface area contributed by atoms with Gasteiger partial charge in [0.2, 0.25) is 0 Å². The smallest absolute Gasteiger partial charge is 0.0925 e. The summed E-state index contributed by atoms with van der Waals surface area (Å²) in [7, 11) is 0. The molecule has 1 unspecified atom stereocenters. The van der Waals surface area contributed by atoms with Crippen LogP contribution in [0.1, 0.15) is 29.3 Å². The molecule has 2 aromatic rings. The SMILES string of the molecule is CCc1ncc(CNC(C)Cc2ccc(Br)cc2)s1. The van der Waals surface area contributed by atoms with Crippen LogP contribution in [0.25, 0.3) is 0 Å². The molecule has 19 heavy (non-hydrogen) atoms. The third-order valence-electron chi connectivity index (χ3n) is 2.98. The van der Waals surface area contributed by atoms with Crippen molar-refractivity contribution >= 4 is 27.3 Å². The maximum absolute atomic E-state index is 4.38. The number of aromatic nitrogens is 1. The molecular weight excluding hydrogens is 320 g/mol. The lowest BCUT2D eigenvalue weighted by Crippen LogP contribution is -2.27. The summed E-state index contributed by atoms with van der Waals surface area (Å²) in [6, 6.07) is 9.00. The van der Waals surface area contributed by atoms with E-state index in [0.29, 0.717) is 6.04 Å². The maximum atomic E-state index is 4.38. The van der Waals surface area contributed by atoms with E-state index in [1.807, 2.05) is 6.20 Å². The van der Waals surface area contributed by atoms with Crippen LogP contribution in [0, 0.1) is 0 Å². The standard InChI is InChI=1S/C15H19BrN2S/c1-3-15-18-10-14(19-15)9-17-11(2)8-12-4-6-13(16)7-5-12/h4-7,10-11,17H,3,8-9H2,1-2H3. The summed E-state index contributed by atoms with van der Waals surface area (Å²) in [6.45, 7) is 5.28. The number of hydrogen-bond donors (Lipinski definition) is 1. The number of halogens is 1. The monoisotopic (exact) mass is 338 g/mol. The molecule has 4 heteroatoms. The van der Waals surface area contributed by atoms with Crippen LogP contribution in [-0.2, 0) is 19.4 Å². The Bertz CT molecular complexity index is 507. The highest BCUT2D eigenvalue weighted by atomic mass is 79.9. The second-order valence-electron chi connectivity index (χ2n) is 4.69.